The highest BCUT2D eigenvalue weighted by molar-refractivity contribution is 7.90. The predicted molar refractivity (Wildman–Crippen MR) is 86.1 cm³/mol. The molecule has 2 fully saturated rings. The lowest BCUT2D eigenvalue weighted by atomic mass is 9.78. The van der Waals surface area contributed by atoms with Crippen molar-refractivity contribution in [3.63, 3.8) is 0 Å². The molecule has 0 atom stereocenters. The maximum Gasteiger partial charge on any atom is 0.215 e. The second kappa shape index (κ2) is 6.28. The highest BCUT2D eigenvalue weighted by atomic mass is 32.2. The molecule has 0 amide bonds. The van der Waals surface area contributed by atoms with Gasteiger partial charge in [0.05, 0.1) is 15.8 Å². The topological polar surface area (TPSA) is 72.2 Å². The van der Waals surface area contributed by atoms with Crippen LogP contribution in [0.5, 0.6) is 0 Å². The molecule has 0 spiro atoms. The van der Waals surface area contributed by atoms with Gasteiger partial charge in [-0.3, -0.25) is 0 Å². The minimum atomic E-state index is -3.32. The Balaban J connectivity index is 2.13. The Morgan fingerprint density at radius 3 is 2.20 bits per heavy atom. The van der Waals surface area contributed by atoms with Crippen LogP contribution >= 0.6 is 12.2 Å². The summed E-state index contributed by atoms with van der Waals surface area (Å²) in [4.78, 5) is 0.309. The molecule has 2 saturated carbocycles. The Hall–Kier alpha value is -0.200. The number of nitrogens with two attached hydrogens (primary N) is 1. The molecule has 0 saturated heterocycles. The van der Waals surface area contributed by atoms with Gasteiger partial charge in [-0.15, -0.1) is 0 Å². The fourth-order valence-corrected chi connectivity index (χ4v) is 5.68. The molecule has 6 heteroatoms. The van der Waals surface area contributed by atoms with Crippen molar-refractivity contribution in [1.82, 2.24) is 4.72 Å². The van der Waals surface area contributed by atoms with E-state index in [0.717, 1.165) is 57.8 Å². The van der Waals surface area contributed by atoms with Crippen molar-refractivity contribution in [2.75, 3.05) is 0 Å². The van der Waals surface area contributed by atoms with E-state index in [4.69, 9.17) is 18.0 Å². The van der Waals surface area contributed by atoms with Crippen molar-refractivity contribution in [1.29, 1.82) is 0 Å². The zero-order valence-corrected chi connectivity index (χ0v) is 13.9. The second-order valence-corrected chi connectivity index (χ2v) is 8.94. The lowest BCUT2D eigenvalue weighted by Gasteiger charge is -2.40. The van der Waals surface area contributed by atoms with Gasteiger partial charge in [-0.1, -0.05) is 38.4 Å². The summed E-state index contributed by atoms with van der Waals surface area (Å²) >= 11 is 5.19. The van der Waals surface area contributed by atoms with Crippen LogP contribution in [-0.2, 0) is 10.0 Å². The molecule has 2 rings (SSSR count). The van der Waals surface area contributed by atoms with Crippen LogP contribution < -0.4 is 10.5 Å². The average Bonchev–Trinajstić information content (AvgIpc) is 2.42. The van der Waals surface area contributed by atoms with Crippen LogP contribution in [-0.4, -0.2) is 24.2 Å². The summed E-state index contributed by atoms with van der Waals surface area (Å²) in [7, 11) is -3.32. The molecule has 0 bridgehead atoms. The van der Waals surface area contributed by atoms with E-state index in [-0.39, 0.29) is 5.25 Å². The molecule has 116 valence electrons. The van der Waals surface area contributed by atoms with E-state index in [0.29, 0.717) is 10.9 Å². The van der Waals surface area contributed by atoms with Gasteiger partial charge in [0.15, 0.2) is 0 Å². The first-order chi connectivity index (χ1) is 9.36. The molecule has 0 aromatic rings. The predicted octanol–water partition coefficient (Wildman–Crippen LogP) is 2.47. The number of rotatable bonds is 4. The minimum absolute atomic E-state index is 0.262. The molecule has 0 heterocycles. The molecule has 3 N–H and O–H groups in total. The molecular weight excluding hydrogens is 292 g/mol. The van der Waals surface area contributed by atoms with Crippen molar-refractivity contribution in [2.24, 2.45) is 11.7 Å². The Bertz CT molecular complexity index is 448. The first-order valence-corrected chi connectivity index (χ1v) is 9.64. The Morgan fingerprint density at radius 1 is 1.15 bits per heavy atom. The van der Waals surface area contributed by atoms with E-state index in [1.807, 2.05) is 0 Å². The summed E-state index contributed by atoms with van der Waals surface area (Å²) in [5.41, 5.74) is 5.21. The molecule has 0 aromatic carbocycles. The summed E-state index contributed by atoms with van der Waals surface area (Å²) < 4.78 is 28.1. The minimum Gasteiger partial charge on any atom is -0.392 e. The SMILES string of the molecule is CC1CCC(NS(=O)(=O)C2CCCCC2)(C(N)=S)CC1. The molecule has 0 unspecified atom stereocenters. The van der Waals surface area contributed by atoms with Gasteiger partial charge in [0.1, 0.15) is 0 Å². The van der Waals surface area contributed by atoms with Crippen LogP contribution in [0.4, 0.5) is 0 Å². The van der Waals surface area contributed by atoms with Crippen molar-refractivity contribution in [2.45, 2.75) is 75.5 Å². The van der Waals surface area contributed by atoms with Gasteiger partial charge in [-0.25, -0.2) is 13.1 Å². The Morgan fingerprint density at radius 2 is 1.70 bits per heavy atom. The van der Waals surface area contributed by atoms with Crippen molar-refractivity contribution in [3.8, 4) is 0 Å². The second-order valence-electron chi connectivity index (χ2n) is 6.54. The first kappa shape index (κ1) is 16.2. The normalized spacial score (nSPS) is 33.0. The van der Waals surface area contributed by atoms with E-state index in [2.05, 4.69) is 11.6 Å². The Kier molecular flexibility index (Phi) is 5.08. The number of hydrogen-bond donors (Lipinski definition) is 2. The summed E-state index contributed by atoms with van der Waals surface area (Å²) in [5.74, 6) is 0.622. The van der Waals surface area contributed by atoms with Gasteiger partial charge >= 0.3 is 0 Å². The van der Waals surface area contributed by atoms with Crippen molar-refractivity contribution < 1.29 is 8.42 Å². The van der Waals surface area contributed by atoms with E-state index in [9.17, 15) is 8.42 Å². The zero-order chi connectivity index (χ0) is 14.8. The summed E-state index contributed by atoms with van der Waals surface area (Å²) in [6, 6.07) is 0. The van der Waals surface area contributed by atoms with Crippen LogP contribution in [0.2, 0.25) is 0 Å². The molecule has 2 aliphatic rings. The molecular formula is C14H26N2O2S2. The lowest BCUT2D eigenvalue weighted by Crippen LogP contribution is -2.59. The summed E-state index contributed by atoms with van der Waals surface area (Å²) in [6.07, 6.45) is 8.09. The van der Waals surface area contributed by atoms with E-state index >= 15 is 0 Å². The molecule has 0 aliphatic heterocycles. The largest absolute Gasteiger partial charge is 0.392 e. The number of hydrogen-bond acceptors (Lipinski definition) is 3. The monoisotopic (exact) mass is 318 g/mol. The van der Waals surface area contributed by atoms with E-state index < -0.39 is 15.6 Å². The van der Waals surface area contributed by atoms with Crippen molar-refractivity contribution >= 4 is 27.2 Å². The standard InChI is InChI=1S/C14H26N2O2S2/c1-11-7-9-14(10-8-11,13(15)19)16-20(17,18)12-5-3-2-4-6-12/h11-12,16H,2-10H2,1H3,(H2,15,19). The smallest absolute Gasteiger partial charge is 0.215 e. The van der Waals surface area contributed by atoms with Gasteiger partial charge in [0.25, 0.3) is 0 Å². The van der Waals surface area contributed by atoms with Gasteiger partial charge in [0.2, 0.25) is 10.0 Å². The third-order valence-electron chi connectivity index (χ3n) is 4.93. The Labute approximate surface area is 127 Å². The average molecular weight is 319 g/mol. The van der Waals surface area contributed by atoms with E-state index in [1.54, 1.807) is 0 Å². The summed E-state index contributed by atoms with van der Waals surface area (Å²) in [6.45, 7) is 2.19. The first-order valence-electron chi connectivity index (χ1n) is 7.68. The van der Waals surface area contributed by atoms with Gasteiger partial charge < -0.3 is 5.73 Å². The third-order valence-corrected chi connectivity index (χ3v) is 7.34. The summed E-state index contributed by atoms with van der Waals surface area (Å²) in [5, 5.41) is -0.262. The van der Waals surface area contributed by atoms with Gasteiger partial charge in [-0.05, 0) is 44.4 Å². The maximum atomic E-state index is 12.6. The van der Waals surface area contributed by atoms with Crippen LogP contribution in [0.15, 0.2) is 0 Å². The fourth-order valence-electron chi connectivity index (χ4n) is 3.38. The fraction of sp³-hybridized carbons (Fsp3) is 0.929. The highest BCUT2D eigenvalue weighted by Crippen LogP contribution is 2.34. The molecule has 0 radical (unpaired) electrons. The number of nitrogens with one attached hydrogen (secondary N) is 1. The van der Waals surface area contributed by atoms with Crippen LogP contribution in [0, 0.1) is 5.92 Å². The quantitative estimate of drug-likeness (QED) is 0.781. The molecule has 4 nitrogen and oxygen atoms in total. The van der Waals surface area contributed by atoms with Gasteiger partial charge in [-0.2, -0.15) is 0 Å². The van der Waals surface area contributed by atoms with Crippen LogP contribution in [0.25, 0.3) is 0 Å². The maximum absolute atomic E-state index is 12.6. The third kappa shape index (κ3) is 3.52. The molecule has 0 aromatic heterocycles. The molecule has 2 aliphatic carbocycles. The zero-order valence-electron chi connectivity index (χ0n) is 12.2. The highest BCUT2D eigenvalue weighted by Gasteiger charge is 2.42. The number of sulfonamides is 1. The van der Waals surface area contributed by atoms with E-state index in [1.165, 1.54) is 0 Å². The number of thiocarbonyl (C=S) groups is 1. The van der Waals surface area contributed by atoms with Crippen molar-refractivity contribution in [3.05, 3.63) is 0 Å². The van der Waals surface area contributed by atoms with Gasteiger partial charge in [0, 0.05) is 0 Å². The lowest BCUT2D eigenvalue weighted by molar-refractivity contribution is 0.287. The van der Waals surface area contributed by atoms with Crippen LogP contribution in [0.3, 0.4) is 0 Å². The van der Waals surface area contributed by atoms with Crippen LogP contribution in [0.1, 0.15) is 64.7 Å². The molecule has 20 heavy (non-hydrogen) atoms.